The van der Waals surface area contributed by atoms with Crippen LogP contribution in [0.5, 0.6) is 11.5 Å². The fourth-order valence-electron chi connectivity index (χ4n) is 3.10. The molecule has 0 N–H and O–H groups in total. The van der Waals surface area contributed by atoms with Gasteiger partial charge in [-0.2, -0.15) is 0 Å². The fourth-order valence-corrected chi connectivity index (χ4v) is 3.10. The highest BCUT2D eigenvalue weighted by atomic mass is 16.5. The van der Waals surface area contributed by atoms with Gasteiger partial charge in [-0.25, -0.2) is 0 Å². The summed E-state index contributed by atoms with van der Waals surface area (Å²) in [6.07, 6.45) is 2.07. The average molecular weight is 316 g/mol. The van der Waals surface area contributed by atoms with E-state index in [9.17, 15) is 9.59 Å². The molecule has 2 heterocycles. The Morgan fingerprint density at radius 1 is 1.04 bits per heavy atom. The number of ether oxygens (including phenoxy) is 2. The Kier molecular flexibility index (Phi) is 4.32. The number of amides is 2. The Bertz CT molecular complexity index is 665. The van der Waals surface area contributed by atoms with Crippen molar-refractivity contribution in [2.24, 2.45) is 4.99 Å². The molecule has 0 aromatic heterocycles. The molecule has 2 amide bonds. The maximum atomic E-state index is 11.7. The van der Waals surface area contributed by atoms with Gasteiger partial charge >= 0.3 is 0 Å². The number of rotatable bonds is 5. The molecule has 0 aliphatic carbocycles. The quantitative estimate of drug-likeness (QED) is 0.774. The predicted octanol–water partition coefficient (Wildman–Crippen LogP) is 1.59. The molecule has 3 rings (SSSR count). The predicted molar refractivity (Wildman–Crippen MR) is 85.2 cm³/mol. The first kappa shape index (κ1) is 15.5. The smallest absolute Gasteiger partial charge is 0.229 e. The van der Waals surface area contributed by atoms with Crippen LogP contribution in [-0.4, -0.2) is 49.7 Å². The van der Waals surface area contributed by atoms with Crippen LogP contribution in [-0.2, 0) is 16.0 Å². The summed E-state index contributed by atoms with van der Waals surface area (Å²) in [5.41, 5.74) is 3.10. The van der Waals surface area contributed by atoms with Gasteiger partial charge in [-0.1, -0.05) is 0 Å². The summed E-state index contributed by atoms with van der Waals surface area (Å²) in [6.45, 7) is 1.10. The number of imide groups is 1. The van der Waals surface area contributed by atoms with E-state index < -0.39 is 0 Å². The molecule has 2 aliphatic rings. The molecule has 1 aromatic rings. The summed E-state index contributed by atoms with van der Waals surface area (Å²) in [5, 5.41) is 0. The fraction of sp³-hybridized carbons (Fsp3) is 0.471. The third-order valence-electron chi connectivity index (χ3n) is 4.33. The van der Waals surface area contributed by atoms with E-state index in [0.717, 1.165) is 23.3 Å². The number of hydrogen-bond donors (Lipinski definition) is 0. The van der Waals surface area contributed by atoms with Crippen molar-refractivity contribution < 1.29 is 19.1 Å². The van der Waals surface area contributed by atoms with Crippen LogP contribution in [0.25, 0.3) is 0 Å². The van der Waals surface area contributed by atoms with Crippen LogP contribution in [0.4, 0.5) is 0 Å². The third-order valence-corrected chi connectivity index (χ3v) is 4.33. The maximum Gasteiger partial charge on any atom is 0.229 e. The van der Waals surface area contributed by atoms with Crippen LogP contribution in [0.15, 0.2) is 17.1 Å². The number of methoxy groups -OCH3 is 2. The molecule has 0 spiro atoms. The largest absolute Gasteiger partial charge is 0.493 e. The summed E-state index contributed by atoms with van der Waals surface area (Å²) in [4.78, 5) is 29.4. The lowest BCUT2D eigenvalue weighted by molar-refractivity contribution is -0.138. The van der Waals surface area contributed by atoms with E-state index in [2.05, 4.69) is 4.99 Å². The van der Waals surface area contributed by atoms with Gasteiger partial charge in [-0.3, -0.25) is 19.5 Å². The van der Waals surface area contributed by atoms with Crippen molar-refractivity contribution in [1.29, 1.82) is 0 Å². The monoisotopic (exact) mass is 316 g/mol. The van der Waals surface area contributed by atoms with Crippen molar-refractivity contribution in [3.63, 3.8) is 0 Å². The van der Waals surface area contributed by atoms with E-state index in [0.29, 0.717) is 43.9 Å². The molecule has 0 saturated carbocycles. The van der Waals surface area contributed by atoms with Crippen LogP contribution in [0.3, 0.4) is 0 Å². The molecule has 1 aromatic carbocycles. The van der Waals surface area contributed by atoms with Gasteiger partial charge in [-0.15, -0.1) is 0 Å². The molecule has 23 heavy (non-hydrogen) atoms. The summed E-state index contributed by atoms with van der Waals surface area (Å²) < 4.78 is 10.7. The number of benzene rings is 1. The number of likely N-dealkylation sites (tertiary alicyclic amines) is 1. The number of carbonyl (C=O) groups is 2. The van der Waals surface area contributed by atoms with E-state index in [1.54, 1.807) is 14.2 Å². The van der Waals surface area contributed by atoms with Crippen molar-refractivity contribution in [3.05, 3.63) is 23.3 Å². The Morgan fingerprint density at radius 3 is 2.35 bits per heavy atom. The van der Waals surface area contributed by atoms with Gasteiger partial charge in [0.2, 0.25) is 11.8 Å². The first-order valence-corrected chi connectivity index (χ1v) is 7.76. The van der Waals surface area contributed by atoms with Gasteiger partial charge in [0.25, 0.3) is 0 Å². The molecule has 6 heteroatoms. The molecular formula is C17H20N2O4. The zero-order valence-corrected chi connectivity index (χ0v) is 13.4. The Morgan fingerprint density at radius 2 is 1.70 bits per heavy atom. The lowest BCUT2D eigenvalue weighted by Gasteiger charge is -2.21. The van der Waals surface area contributed by atoms with E-state index >= 15 is 0 Å². The Hall–Kier alpha value is -2.37. The van der Waals surface area contributed by atoms with Crippen LogP contribution in [0, 0.1) is 0 Å². The van der Waals surface area contributed by atoms with Crippen molar-refractivity contribution >= 4 is 17.5 Å². The SMILES string of the molecule is COc1cc2c(cc1OC)C(CCN1C(=O)CCC1=O)=NCC2. The molecule has 0 bridgehead atoms. The van der Waals surface area contributed by atoms with Gasteiger partial charge in [0.15, 0.2) is 11.5 Å². The molecular weight excluding hydrogens is 296 g/mol. The molecule has 1 saturated heterocycles. The van der Waals surface area contributed by atoms with E-state index in [-0.39, 0.29) is 11.8 Å². The number of hydrogen-bond acceptors (Lipinski definition) is 5. The molecule has 0 atom stereocenters. The summed E-state index contributed by atoms with van der Waals surface area (Å²) in [7, 11) is 3.22. The lowest BCUT2D eigenvalue weighted by atomic mass is 9.95. The minimum absolute atomic E-state index is 0.0843. The van der Waals surface area contributed by atoms with Crippen molar-refractivity contribution in [2.75, 3.05) is 27.3 Å². The maximum absolute atomic E-state index is 11.7. The van der Waals surface area contributed by atoms with Gasteiger partial charge in [0.05, 0.1) is 14.2 Å². The molecule has 1 fully saturated rings. The zero-order valence-electron chi connectivity index (χ0n) is 13.4. The van der Waals surface area contributed by atoms with Gasteiger partial charge in [0, 0.05) is 43.6 Å². The average Bonchev–Trinajstić information content (AvgIpc) is 2.89. The highest BCUT2D eigenvalue weighted by Crippen LogP contribution is 2.33. The highest BCUT2D eigenvalue weighted by Gasteiger charge is 2.29. The summed E-state index contributed by atoms with van der Waals surface area (Å²) in [6, 6.07) is 3.91. The minimum Gasteiger partial charge on any atom is -0.493 e. The van der Waals surface area contributed by atoms with Crippen LogP contribution >= 0.6 is 0 Å². The molecule has 0 radical (unpaired) electrons. The van der Waals surface area contributed by atoms with Crippen molar-refractivity contribution in [3.8, 4) is 11.5 Å². The first-order valence-electron chi connectivity index (χ1n) is 7.76. The van der Waals surface area contributed by atoms with Gasteiger partial charge in [-0.05, 0) is 24.1 Å². The normalized spacial score (nSPS) is 17.1. The van der Waals surface area contributed by atoms with E-state index in [1.807, 2.05) is 12.1 Å². The summed E-state index contributed by atoms with van der Waals surface area (Å²) >= 11 is 0. The number of carbonyl (C=O) groups excluding carboxylic acids is 2. The van der Waals surface area contributed by atoms with Crippen LogP contribution in [0.1, 0.15) is 30.4 Å². The number of fused-ring (bicyclic) bond motifs is 1. The van der Waals surface area contributed by atoms with Gasteiger partial charge in [0.1, 0.15) is 0 Å². The standard InChI is InChI=1S/C17H20N2O4/c1-22-14-9-11-5-7-18-13(12(11)10-15(14)23-2)6-8-19-16(20)3-4-17(19)21/h9-10H,3-8H2,1-2H3. The number of nitrogens with zero attached hydrogens (tertiary/aromatic N) is 2. The highest BCUT2D eigenvalue weighted by molar-refractivity contribution is 6.05. The van der Waals surface area contributed by atoms with Crippen molar-refractivity contribution in [2.45, 2.75) is 25.7 Å². The zero-order chi connectivity index (χ0) is 16.4. The number of aliphatic imine (C=N–C) groups is 1. The second kappa shape index (κ2) is 6.40. The Labute approximate surface area is 135 Å². The van der Waals surface area contributed by atoms with E-state index in [4.69, 9.17) is 9.47 Å². The van der Waals surface area contributed by atoms with Gasteiger partial charge < -0.3 is 9.47 Å². The molecule has 0 unspecified atom stereocenters. The van der Waals surface area contributed by atoms with Crippen molar-refractivity contribution in [1.82, 2.24) is 4.90 Å². The summed E-state index contributed by atoms with van der Waals surface area (Å²) in [5.74, 6) is 1.20. The second-order valence-corrected chi connectivity index (χ2v) is 5.63. The second-order valence-electron chi connectivity index (χ2n) is 5.63. The van der Waals surface area contributed by atoms with E-state index in [1.165, 1.54) is 4.90 Å². The molecule has 6 nitrogen and oxygen atoms in total. The third kappa shape index (κ3) is 2.93. The first-order chi connectivity index (χ1) is 11.1. The molecule has 2 aliphatic heterocycles. The molecule has 122 valence electrons. The topological polar surface area (TPSA) is 68.2 Å². The van der Waals surface area contributed by atoms with Crippen LogP contribution in [0.2, 0.25) is 0 Å². The minimum atomic E-state index is -0.0843. The lowest BCUT2D eigenvalue weighted by Crippen LogP contribution is -2.32. The van der Waals surface area contributed by atoms with Crippen LogP contribution < -0.4 is 9.47 Å². The Balaban J connectivity index is 1.81.